The van der Waals surface area contributed by atoms with Crippen molar-refractivity contribution in [3.63, 3.8) is 0 Å². The van der Waals surface area contributed by atoms with Crippen LogP contribution >= 0.6 is 11.3 Å². The summed E-state index contributed by atoms with van der Waals surface area (Å²) in [4.78, 5) is 17.7. The number of amides is 1. The van der Waals surface area contributed by atoms with E-state index in [2.05, 4.69) is 15.5 Å². The molecule has 2 atom stereocenters. The van der Waals surface area contributed by atoms with Crippen molar-refractivity contribution in [3.05, 3.63) is 33.1 Å². The van der Waals surface area contributed by atoms with Gasteiger partial charge in [-0.3, -0.25) is 4.79 Å². The quantitative estimate of drug-likeness (QED) is 0.904. The molecular weight excluding hydrogens is 314 g/mol. The van der Waals surface area contributed by atoms with Gasteiger partial charge in [0.15, 0.2) is 0 Å². The molecule has 0 bridgehead atoms. The molecule has 0 saturated carbocycles. The van der Waals surface area contributed by atoms with Gasteiger partial charge in [0, 0.05) is 23.3 Å². The average Bonchev–Trinajstić information content (AvgIpc) is 3.15. The molecule has 0 radical (unpaired) electrons. The van der Waals surface area contributed by atoms with Gasteiger partial charge in [0.25, 0.3) is 0 Å². The van der Waals surface area contributed by atoms with E-state index >= 15 is 0 Å². The second kappa shape index (κ2) is 6.80. The van der Waals surface area contributed by atoms with Gasteiger partial charge in [-0.1, -0.05) is 5.16 Å². The van der Waals surface area contributed by atoms with Crippen molar-refractivity contribution >= 4 is 17.2 Å². The Morgan fingerprint density at radius 2 is 2.22 bits per heavy atom. The first-order valence-electron chi connectivity index (χ1n) is 7.73. The molecular formula is C16H21N3O3S. The molecule has 3 heterocycles. The molecule has 0 spiro atoms. The van der Waals surface area contributed by atoms with Crippen LogP contribution in [0.5, 0.6) is 0 Å². The summed E-state index contributed by atoms with van der Waals surface area (Å²) < 4.78 is 10.8. The van der Waals surface area contributed by atoms with Crippen LogP contribution in [0.3, 0.4) is 0 Å². The van der Waals surface area contributed by atoms with Crippen LogP contribution in [0.1, 0.15) is 27.0 Å². The fourth-order valence-electron chi connectivity index (χ4n) is 2.87. The van der Waals surface area contributed by atoms with Crippen molar-refractivity contribution in [2.45, 2.75) is 39.7 Å². The number of thiazole rings is 1. The summed E-state index contributed by atoms with van der Waals surface area (Å²) in [7, 11) is 0. The third kappa shape index (κ3) is 3.97. The number of carbonyl (C=O) groups is 1. The van der Waals surface area contributed by atoms with Crippen LogP contribution in [0.2, 0.25) is 0 Å². The SMILES string of the molecule is Cc1cc(C[C@@H]2COC[C@@H]2NC(=O)Cc2sc(C)nc2C)on1. The molecule has 0 aliphatic carbocycles. The molecule has 1 aliphatic rings. The normalized spacial score (nSPS) is 20.8. The van der Waals surface area contributed by atoms with E-state index in [4.69, 9.17) is 9.26 Å². The fourth-order valence-corrected chi connectivity index (χ4v) is 3.81. The third-order valence-electron chi connectivity index (χ3n) is 4.01. The zero-order valence-electron chi connectivity index (χ0n) is 13.6. The molecule has 1 N–H and O–H groups in total. The smallest absolute Gasteiger partial charge is 0.225 e. The van der Waals surface area contributed by atoms with Gasteiger partial charge in [0.1, 0.15) is 5.76 Å². The minimum Gasteiger partial charge on any atom is -0.379 e. The number of carbonyl (C=O) groups excluding carboxylic acids is 1. The molecule has 1 aliphatic heterocycles. The molecule has 124 valence electrons. The highest BCUT2D eigenvalue weighted by atomic mass is 32.1. The Morgan fingerprint density at radius 1 is 1.39 bits per heavy atom. The zero-order chi connectivity index (χ0) is 16.4. The van der Waals surface area contributed by atoms with Crippen LogP contribution in [-0.4, -0.2) is 35.3 Å². The van der Waals surface area contributed by atoms with E-state index in [1.54, 1.807) is 11.3 Å². The Labute approximate surface area is 139 Å². The van der Waals surface area contributed by atoms with Crippen LogP contribution in [0.15, 0.2) is 10.6 Å². The molecule has 23 heavy (non-hydrogen) atoms. The van der Waals surface area contributed by atoms with Crippen molar-refractivity contribution in [2.75, 3.05) is 13.2 Å². The predicted molar refractivity (Wildman–Crippen MR) is 86.5 cm³/mol. The number of aryl methyl sites for hydroxylation is 3. The van der Waals surface area contributed by atoms with Crippen molar-refractivity contribution in [3.8, 4) is 0 Å². The van der Waals surface area contributed by atoms with Crippen molar-refractivity contribution in [1.29, 1.82) is 0 Å². The first-order valence-corrected chi connectivity index (χ1v) is 8.55. The number of nitrogens with one attached hydrogen (secondary N) is 1. The highest BCUT2D eigenvalue weighted by Crippen LogP contribution is 2.21. The summed E-state index contributed by atoms with van der Waals surface area (Å²) in [5.74, 6) is 1.08. The monoisotopic (exact) mass is 335 g/mol. The summed E-state index contributed by atoms with van der Waals surface area (Å²) in [6.07, 6.45) is 1.10. The van der Waals surface area contributed by atoms with Crippen LogP contribution in [0.25, 0.3) is 0 Å². The standard InChI is InChI=1S/C16H21N3O3S/c1-9-4-13(22-19-9)5-12-7-21-8-14(12)18-16(20)6-15-10(2)17-11(3)23-15/h4,12,14H,5-8H2,1-3H3,(H,18,20)/t12-,14+/m1/s1. The summed E-state index contributed by atoms with van der Waals surface area (Å²) in [6.45, 7) is 6.98. The molecule has 7 heteroatoms. The minimum absolute atomic E-state index is 0.0160. The van der Waals surface area contributed by atoms with Gasteiger partial charge >= 0.3 is 0 Å². The minimum atomic E-state index is 0.0160. The van der Waals surface area contributed by atoms with Crippen LogP contribution in [-0.2, 0) is 22.4 Å². The number of nitrogens with zero attached hydrogens (tertiary/aromatic N) is 2. The highest BCUT2D eigenvalue weighted by molar-refractivity contribution is 7.11. The van der Waals surface area contributed by atoms with Gasteiger partial charge in [-0.15, -0.1) is 11.3 Å². The van der Waals surface area contributed by atoms with Crippen LogP contribution in [0.4, 0.5) is 0 Å². The predicted octanol–water partition coefficient (Wildman–Crippen LogP) is 1.97. The largest absolute Gasteiger partial charge is 0.379 e. The summed E-state index contributed by atoms with van der Waals surface area (Å²) in [5, 5.41) is 7.99. The highest BCUT2D eigenvalue weighted by Gasteiger charge is 2.30. The molecule has 6 nitrogen and oxygen atoms in total. The Kier molecular flexibility index (Phi) is 4.77. The first kappa shape index (κ1) is 16.1. The summed E-state index contributed by atoms with van der Waals surface area (Å²) in [5.41, 5.74) is 1.81. The molecule has 0 unspecified atom stereocenters. The fraction of sp³-hybridized carbons (Fsp3) is 0.562. The third-order valence-corrected chi connectivity index (χ3v) is 5.08. The van der Waals surface area contributed by atoms with Gasteiger partial charge in [0.05, 0.1) is 42.1 Å². The van der Waals surface area contributed by atoms with Gasteiger partial charge in [-0.2, -0.15) is 0 Å². The molecule has 2 aromatic rings. The summed E-state index contributed by atoms with van der Waals surface area (Å²) >= 11 is 1.58. The molecule has 1 fully saturated rings. The van der Waals surface area contributed by atoms with Crippen molar-refractivity contribution < 1.29 is 14.1 Å². The van der Waals surface area contributed by atoms with Gasteiger partial charge < -0.3 is 14.6 Å². The molecule has 3 rings (SSSR count). The Balaban J connectivity index is 1.57. The van der Waals surface area contributed by atoms with Gasteiger partial charge in [-0.25, -0.2) is 4.98 Å². The lowest BCUT2D eigenvalue weighted by molar-refractivity contribution is -0.121. The van der Waals surface area contributed by atoms with E-state index in [1.807, 2.05) is 26.8 Å². The van der Waals surface area contributed by atoms with E-state index in [0.717, 1.165) is 33.5 Å². The van der Waals surface area contributed by atoms with E-state index < -0.39 is 0 Å². The first-order chi connectivity index (χ1) is 11.0. The number of hydrogen-bond donors (Lipinski definition) is 1. The maximum Gasteiger partial charge on any atom is 0.225 e. The summed E-state index contributed by atoms with van der Waals surface area (Å²) in [6, 6.07) is 1.95. The Hall–Kier alpha value is -1.73. The Morgan fingerprint density at radius 3 is 2.87 bits per heavy atom. The number of rotatable bonds is 5. The molecule has 1 amide bonds. The van der Waals surface area contributed by atoms with Crippen LogP contribution in [0, 0.1) is 26.7 Å². The van der Waals surface area contributed by atoms with Crippen molar-refractivity contribution in [2.24, 2.45) is 5.92 Å². The number of ether oxygens (including phenoxy) is 1. The number of aromatic nitrogens is 2. The van der Waals surface area contributed by atoms with Gasteiger partial charge in [-0.05, 0) is 20.8 Å². The second-order valence-corrected chi connectivity index (χ2v) is 7.32. The molecule has 1 saturated heterocycles. The maximum atomic E-state index is 12.3. The molecule has 2 aromatic heterocycles. The average molecular weight is 335 g/mol. The lowest BCUT2D eigenvalue weighted by Crippen LogP contribution is -2.41. The van der Waals surface area contributed by atoms with Crippen molar-refractivity contribution in [1.82, 2.24) is 15.5 Å². The van der Waals surface area contributed by atoms with Crippen LogP contribution < -0.4 is 5.32 Å². The lowest BCUT2D eigenvalue weighted by atomic mass is 9.98. The van der Waals surface area contributed by atoms with Gasteiger partial charge in [0.2, 0.25) is 5.91 Å². The number of hydrogen-bond acceptors (Lipinski definition) is 6. The molecule has 0 aromatic carbocycles. The second-order valence-electron chi connectivity index (χ2n) is 6.03. The van der Waals surface area contributed by atoms with E-state index in [-0.39, 0.29) is 17.9 Å². The topological polar surface area (TPSA) is 77.2 Å². The van der Waals surface area contributed by atoms with E-state index in [9.17, 15) is 4.79 Å². The van der Waals surface area contributed by atoms with E-state index in [0.29, 0.717) is 19.6 Å². The van der Waals surface area contributed by atoms with E-state index in [1.165, 1.54) is 0 Å². The zero-order valence-corrected chi connectivity index (χ0v) is 14.4. The maximum absolute atomic E-state index is 12.3. The Bertz CT molecular complexity index is 695. The lowest BCUT2D eigenvalue weighted by Gasteiger charge is -2.17.